The van der Waals surface area contributed by atoms with Crippen molar-refractivity contribution in [3.63, 3.8) is 0 Å². The van der Waals surface area contributed by atoms with Gasteiger partial charge in [-0.3, -0.25) is 4.90 Å². The van der Waals surface area contributed by atoms with E-state index < -0.39 is 0 Å². The molecule has 14 heavy (non-hydrogen) atoms. The van der Waals surface area contributed by atoms with Crippen molar-refractivity contribution in [2.75, 3.05) is 19.6 Å². The van der Waals surface area contributed by atoms with Gasteiger partial charge in [-0.15, -0.1) is 0 Å². The van der Waals surface area contributed by atoms with Crippen LogP contribution in [0, 0.1) is 0 Å². The molecule has 0 aliphatic carbocycles. The quantitative estimate of drug-likeness (QED) is 0.748. The Morgan fingerprint density at radius 2 is 1.86 bits per heavy atom. The fourth-order valence-electron chi connectivity index (χ4n) is 2.12. The molecule has 0 bridgehead atoms. The van der Waals surface area contributed by atoms with Crippen molar-refractivity contribution in [3.05, 3.63) is 0 Å². The maximum absolute atomic E-state index is 3.68. The highest BCUT2D eigenvalue weighted by Crippen LogP contribution is 2.25. The van der Waals surface area contributed by atoms with Crippen LogP contribution in [0.5, 0.6) is 0 Å². The van der Waals surface area contributed by atoms with Crippen LogP contribution in [0.15, 0.2) is 0 Å². The summed E-state index contributed by atoms with van der Waals surface area (Å²) in [7, 11) is 0. The van der Waals surface area contributed by atoms with Crippen LogP contribution in [0.1, 0.15) is 47.5 Å². The first kappa shape index (κ1) is 12.0. The first-order chi connectivity index (χ1) is 6.43. The van der Waals surface area contributed by atoms with Gasteiger partial charge in [0.25, 0.3) is 0 Å². The summed E-state index contributed by atoms with van der Waals surface area (Å²) in [5.41, 5.74) is 0.648. The van der Waals surface area contributed by atoms with Crippen molar-refractivity contribution in [1.29, 1.82) is 0 Å². The van der Waals surface area contributed by atoms with E-state index in [0.29, 0.717) is 11.1 Å². The first-order valence-electron chi connectivity index (χ1n) is 5.93. The molecule has 84 valence electrons. The molecule has 1 rings (SSSR count). The van der Waals surface area contributed by atoms with E-state index in [-0.39, 0.29) is 0 Å². The normalized spacial score (nSPS) is 33.2. The van der Waals surface area contributed by atoms with E-state index in [1.54, 1.807) is 0 Å². The highest BCUT2D eigenvalue weighted by Gasteiger charge is 2.38. The van der Waals surface area contributed by atoms with Crippen LogP contribution in [0.4, 0.5) is 0 Å². The zero-order chi connectivity index (χ0) is 10.8. The summed E-state index contributed by atoms with van der Waals surface area (Å²) in [5, 5.41) is 3.68. The smallest absolute Gasteiger partial charge is 0.0278 e. The van der Waals surface area contributed by atoms with E-state index in [4.69, 9.17) is 0 Å². The van der Waals surface area contributed by atoms with E-state index in [2.05, 4.69) is 44.8 Å². The van der Waals surface area contributed by atoms with Crippen molar-refractivity contribution < 1.29 is 0 Å². The Morgan fingerprint density at radius 1 is 1.21 bits per heavy atom. The minimum Gasteiger partial charge on any atom is -0.308 e. The molecule has 0 saturated carbocycles. The van der Waals surface area contributed by atoms with Crippen LogP contribution in [0.2, 0.25) is 0 Å². The number of piperazine rings is 1. The highest BCUT2D eigenvalue weighted by molar-refractivity contribution is 4.98. The second-order valence-electron chi connectivity index (χ2n) is 5.50. The first-order valence-corrected chi connectivity index (χ1v) is 5.93. The average molecular weight is 198 g/mol. The van der Waals surface area contributed by atoms with E-state index >= 15 is 0 Å². The topological polar surface area (TPSA) is 15.3 Å². The van der Waals surface area contributed by atoms with Gasteiger partial charge in [-0.05, 0) is 40.2 Å². The molecule has 2 nitrogen and oxygen atoms in total. The van der Waals surface area contributed by atoms with Crippen LogP contribution in [0.3, 0.4) is 0 Å². The van der Waals surface area contributed by atoms with E-state index in [1.807, 2.05) is 0 Å². The summed E-state index contributed by atoms with van der Waals surface area (Å²) < 4.78 is 0. The molecule has 1 unspecified atom stereocenters. The van der Waals surface area contributed by atoms with E-state index in [0.717, 1.165) is 6.54 Å². The predicted octanol–water partition coefficient (Wildman–Crippen LogP) is 2.25. The molecule has 1 heterocycles. The van der Waals surface area contributed by atoms with Gasteiger partial charge in [-0.25, -0.2) is 0 Å². The Bertz CT molecular complexity index is 189. The molecule has 0 amide bonds. The van der Waals surface area contributed by atoms with Crippen LogP contribution in [-0.4, -0.2) is 35.6 Å². The van der Waals surface area contributed by atoms with Crippen molar-refractivity contribution in [2.24, 2.45) is 0 Å². The summed E-state index contributed by atoms with van der Waals surface area (Å²) in [6, 6.07) is 0. The lowest BCUT2D eigenvalue weighted by Crippen LogP contribution is -2.66. The van der Waals surface area contributed by atoms with Gasteiger partial charge >= 0.3 is 0 Å². The van der Waals surface area contributed by atoms with Crippen LogP contribution < -0.4 is 5.32 Å². The Labute approximate surface area is 89.1 Å². The van der Waals surface area contributed by atoms with Gasteiger partial charge in [0, 0.05) is 24.2 Å². The molecule has 1 N–H and O–H groups in total. The Kier molecular flexibility index (Phi) is 3.59. The van der Waals surface area contributed by atoms with Crippen LogP contribution >= 0.6 is 0 Å². The van der Waals surface area contributed by atoms with Gasteiger partial charge < -0.3 is 5.32 Å². The number of hydrogen-bond donors (Lipinski definition) is 1. The largest absolute Gasteiger partial charge is 0.308 e. The number of rotatable bonds is 3. The fourth-order valence-corrected chi connectivity index (χ4v) is 2.12. The molecule has 1 aliphatic rings. The summed E-state index contributed by atoms with van der Waals surface area (Å²) in [6.07, 6.45) is 2.46. The molecule has 1 fully saturated rings. The molecule has 2 heteroatoms. The van der Waals surface area contributed by atoms with Crippen LogP contribution in [0.25, 0.3) is 0 Å². The highest BCUT2D eigenvalue weighted by atomic mass is 15.3. The third kappa shape index (κ3) is 2.48. The molecule has 0 aromatic rings. The van der Waals surface area contributed by atoms with Crippen molar-refractivity contribution >= 4 is 0 Å². The van der Waals surface area contributed by atoms with Gasteiger partial charge in [0.15, 0.2) is 0 Å². The molecule has 1 atom stereocenters. The fraction of sp³-hybridized carbons (Fsp3) is 1.00. The van der Waals surface area contributed by atoms with Gasteiger partial charge in [0.1, 0.15) is 0 Å². The minimum absolute atomic E-state index is 0.324. The summed E-state index contributed by atoms with van der Waals surface area (Å²) in [4.78, 5) is 2.63. The molecule has 0 radical (unpaired) electrons. The number of nitrogens with zero attached hydrogens (tertiary/aromatic N) is 1. The number of hydrogen-bond acceptors (Lipinski definition) is 2. The molecule has 1 saturated heterocycles. The van der Waals surface area contributed by atoms with E-state index in [9.17, 15) is 0 Å². The second-order valence-corrected chi connectivity index (χ2v) is 5.50. The lowest BCUT2D eigenvalue weighted by Gasteiger charge is -2.50. The number of nitrogens with one attached hydrogen (secondary N) is 1. The standard InChI is InChI=1S/C12H26N2/c1-6-8-14-10-12(5,7-2)13-9-11(14,3)4/h13H,6-10H2,1-5H3. The molecule has 0 spiro atoms. The average Bonchev–Trinajstić information content (AvgIpc) is 2.13. The molecular weight excluding hydrogens is 172 g/mol. The van der Waals surface area contributed by atoms with E-state index in [1.165, 1.54) is 25.9 Å². The molecule has 0 aromatic heterocycles. The maximum atomic E-state index is 3.68. The van der Waals surface area contributed by atoms with Gasteiger partial charge in [-0.1, -0.05) is 13.8 Å². The lowest BCUT2D eigenvalue weighted by atomic mass is 9.88. The summed E-state index contributed by atoms with van der Waals surface area (Å²) in [5.74, 6) is 0. The Hall–Kier alpha value is -0.0800. The third-order valence-corrected chi connectivity index (χ3v) is 3.62. The van der Waals surface area contributed by atoms with Crippen molar-refractivity contribution in [1.82, 2.24) is 10.2 Å². The summed E-state index contributed by atoms with van der Waals surface area (Å²) in [6.45, 7) is 15.1. The van der Waals surface area contributed by atoms with Crippen LogP contribution in [-0.2, 0) is 0 Å². The van der Waals surface area contributed by atoms with Gasteiger partial charge in [-0.2, -0.15) is 0 Å². The maximum Gasteiger partial charge on any atom is 0.0278 e. The monoisotopic (exact) mass is 198 g/mol. The minimum atomic E-state index is 0.324. The Morgan fingerprint density at radius 3 is 2.36 bits per heavy atom. The second kappa shape index (κ2) is 4.19. The SMILES string of the molecule is CCCN1CC(C)(CC)NCC1(C)C. The van der Waals surface area contributed by atoms with Crippen molar-refractivity contribution in [3.8, 4) is 0 Å². The molecule has 1 aliphatic heterocycles. The molecule has 0 aromatic carbocycles. The zero-order valence-corrected chi connectivity index (χ0v) is 10.5. The third-order valence-electron chi connectivity index (χ3n) is 3.62. The predicted molar refractivity (Wildman–Crippen MR) is 62.6 cm³/mol. The molecular formula is C12H26N2. The zero-order valence-electron chi connectivity index (χ0n) is 10.5. The summed E-state index contributed by atoms with van der Waals surface area (Å²) >= 11 is 0. The van der Waals surface area contributed by atoms with Gasteiger partial charge in [0.05, 0.1) is 0 Å². The Balaban J connectivity index is 2.67. The lowest BCUT2D eigenvalue weighted by molar-refractivity contribution is 0.0315. The van der Waals surface area contributed by atoms with Gasteiger partial charge in [0.2, 0.25) is 0 Å². The van der Waals surface area contributed by atoms with Crippen molar-refractivity contribution in [2.45, 2.75) is 58.5 Å².